The third kappa shape index (κ3) is 3.28. The van der Waals surface area contributed by atoms with Gasteiger partial charge >= 0.3 is 6.03 Å². The Morgan fingerprint density at radius 3 is 2.63 bits per heavy atom. The Labute approximate surface area is 159 Å². The summed E-state index contributed by atoms with van der Waals surface area (Å²) >= 11 is 0. The Morgan fingerprint density at radius 2 is 2.04 bits per heavy atom. The van der Waals surface area contributed by atoms with Crippen molar-refractivity contribution in [1.29, 1.82) is 0 Å². The molecule has 8 nitrogen and oxygen atoms in total. The van der Waals surface area contributed by atoms with E-state index in [0.717, 1.165) is 11.1 Å². The minimum absolute atomic E-state index is 0.00788. The predicted octanol–water partition coefficient (Wildman–Crippen LogP) is 0.563. The van der Waals surface area contributed by atoms with Crippen molar-refractivity contribution in [2.75, 3.05) is 18.8 Å². The second-order valence-corrected chi connectivity index (χ2v) is 10.9. The number of primary amides is 1. The number of aromatic nitrogens is 1. The Balaban J connectivity index is 1.66. The third-order valence-corrected chi connectivity index (χ3v) is 8.17. The van der Waals surface area contributed by atoms with Crippen molar-refractivity contribution >= 4 is 21.8 Å². The molecule has 3 N–H and O–H groups in total. The van der Waals surface area contributed by atoms with E-state index in [2.05, 4.69) is 31.1 Å². The highest BCUT2D eigenvalue weighted by atomic mass is 32.2. The fourth-order valence-corrected chi connectivity index (χ4v) is 6.43. The van der Waals surface area contributed by atoms with E-state index in [1.165, 1.54) is 4.90 Å². The highest BCUT2D eigenvalue weighted by molar-refractivity contribution is 7.93. The van der Waals surface area contributed by atoms with Crippen LogP contribution in [0.5, 0.6) is 0 Å². The number of rotatable bonds is 3. The van der Waals surface area contributed by atoms with Crippen LogP contribution in [0.3, 0.4) is 0 Å². The van der Waals surface area contributed by atoms with Gasteiger partial charge in [0.05, 0.1) is 11.7 Å². The van der Waals surface area contributed by atoms with E-state index < -0.39 is 26.4 Å². The van der Waals surface area contributed by atoms with Gasteiger partial charge in [-0.3, -0.25) is 9.78 Å². The molecule has 27 heavy (non-hydrogen) atoms. The van der Waals surface area contributed by atoms with E-state index in [1.54, 1.807) is 12.4 Å². The van der Waals surface area contributed by atoms with Crippen molar-refractivity contribution < 1.29 is 18.0 Å². The van der Waals surface area contributed by atoms with Crippen LogP contribution in [0.1, 0.15) is 38.3 Å². The number of nitrogens with one attached hydrogen (secondary N) is 1. The summed E-state index contributed by atoms with van der Waals surface area (Å²) in [5, 5.41) is 2.83. The molecule has 2 aliphatic rings. The minimum Gasteiger partial charge on any atom is -0.369 e. The molecular formula is C18H26N4O4S. The fourth-order valence-electron chi connectivity index (χ4n) is 4.10. The Hall–Kier alpha value is -2.16. The molecule has 1 unspecified atom stereocenters. The summed E-state index contributed by atoms with van der Waals surface area (Å²) in [7, 11) is -3.44. The van der Waals surface area contributed by atoms with Crippen molar-refractivity contribution in [3.8, 4) is 0 Å². The van der Waals surface area contributed by atoms with Gasteiger partial charge in [0.1, 0.15) is 4.75 Å². The number of sulfone groups is 1. The Morgan fingerprint density at radius 1 is 1.37 bits per heavy atom. The summed E-state index contributed by atoms with van der Waals surface area (Å²) in [6.07, 6.45) is 3.68. The van der Waals surface area contributed by atoms with E-state index in [-0.39, 0.29) is 36.7 Å². The zero-order chi connectivity index (χ0) is 20.0. The van der Waals surface area contributed by atoms with E-state index in [0.29, 0.717) is 6.54 Å². The lowest BCUT2D eigenvalue weighted by atomic mass is 9.83. The molecule has 2 aliphatic heterocycles. The van der Waals surface area contributed by atoms with Gasteiger partial charge in [-0.2, -0.15) is 0 Å². The molecular weight excluding hydrogens is 368 g/mol. The topological polar surface area (TPSA) is 122 Å². The standard InChI is InChI=1S/C18H26N4O4S/c1-17(2,3)13-4-6-20-8-12(13)9-21-16(24)22-10-18(11-22)14(15(19)23)5-7-27(18,25)26/h4,6,8,14H,5,7,9-11H2,1-3H3,(H2,19,23)(H,21,24). The van der Waals surface area contributed by atoms with Crippen LogP contribution in [0.4, 0.5) is 4.79 Å². The highest BCUT2D eigenvalue weighted by Crippen LogP contribution is 2.44. The molecule has 2 fully saturated rings. The third-order valence-electron chi connectivity index (χ3n) is 5.62. The normalized spacial score (nSPS) is 23.1. The molecule has 0 aliphatic carbocycles. The molecule has 1 aromatic rings. The summed E-state index contributed by atoms with van der Waals surface area (Å²) in [6.45, 7) is 6.57. The first-order chi connectivity index (χ1) is 12.5. The summed E-state index contributed by atoms with van der Waals surface area (Å²) in [6, 6.07) is 1.58. The number of likely N-dealkylation sites (tertiary alicyclic amines) is 1. The van der Waals surface area contributed by atoms with Crippen LogP contribution in [0.25, 0.3) is 0 Å². The molecule has 1 aromatic heterocycles. The maximum absolute atomic E-state index is 12.5. The molecule has 0 radical (unpaired) electrons. The number of carbonyl (C=O) groups excluding carboxylic acids is 2. The van der Waals surface area contributed by atoms with Crippen LogP contribution in [-0.2, 0) is 26.6 Å². The average molecular weight is 394 g/mol. The second kappa shape index (κ2) is 6.47. The molecule has 3 amide bonds. The molecule has 2 saturated heterocycles. The number of amides is 3. The molecule has 3 rings (SSSR count). The quantitative estimate of drug-likeness (QED) is 0.776. The average Bonchev–Trinajstić information content (AvgIpc) is 2.82. The molecule has 0 bridgehead atoms. The van der Waals surface area contributed by atoms with E-state index >= 15 is 0 Å². The van der Waals surface area contributed by atoms with Crippen molar-refractivity contribution in [1.82, 2.24) is 15.2 Å². The van der Waals surface area contributed by atoms with Crippen molar-refractivity contribution in [2.24, 2.45) is 11.7 Å². The largest absolute Gasteiger partial charge is 0.369 e. The molecule has 1 atom stereocenters. The number of hydrogen-bond donors (Lipinski definition) is 2. The van der Waals surface area contributed by atoms with Crippen LogP contribution in [0.2, 0.25) is 0 Å². The molecule has 3 heterocycles. The van der Waals surface area contributed by atoms with Crippen molar-refractivity contribution in [2.45, 2.75) is 43.9 Å². The predicted molar refractivity (Wildman–Crippen MR) is 101 cm³/mol. The number of hydrogen-bond acceptors (Lipinski definition) is 5. The molecule has 0 aromatic carbocycles. The minimum atomic E-state index is -3.44. The first kappa shape index (κ1) is 19.6. The van der Waals surface area contributed by atoms with Crippen LogP contribution < -0.4 is 11.1 Å². The lowest BCUT2D eigenvalue weighted by molar-refractivity contribution is -0.124. The monoisotopic (exact) mass is 394 g/mol. The van der Waals surface area contributed by atoms with Gasteiger partial charge in [0.2, 0.25) is 5.91 Å². The SMILES string of the molecule is CC(C)(C)c1ccncc1CNC(=O)N1CC2(C1)C(C(N)=O)CCS2(=O)=O. The zero-order valence-corrected chi connectivity index (χ0v) is 16.7. The van der Waals surface area contributed by atoms with Gasteiger partial charge in [0.15, 0.2) is 9.84 Å². The van der Waals surface area contributed by atoms with Crippen LogP contribution in [0.15, 0.2) is 18.5 Å². The van der Waals surface area contributed by atoms with Gasteiger partial charge in [0, 0.05) is 32.0 Å². The van der Waals surface area contributed by atoms with Gasteiger partial charge in [0.25, 0.3) is 0 Å². The summed E-state index contributed by atoms with van der Waals surface area (Å²) in [5.74, 6) is -1.39. The number of urea groups is 1. The van der Waals surface area contributed by atoms with Crippen LogP contribution in [0, 0.1) is 5.92 Å². The molecule has 0 saturated carbocycles. The summed E-state index contributed by atoms with van der Waals surface area (Å²) in [5.41, 5.74) is 7.30. The van der Waals surface area contributed by atoms with Crippen LogP contribution >= 0.6 is 0 Å². The van der Waals surface area contributed by atoms with Gasteiger partial charge in [-0.25, -0.2) is 13.2 Å². The van der Waals surface area contributed by atoms with Crippen molar-refractivity contribution in [3.05, 3.63) is 29.6 Å². The first-order valence-electron chi connectivity index (χ1n) is 8.96. The van der Waals surface area contributed by atoms with Gasteiger partial charge in [-0.05, 0) is 29.0 Å². The maximum Gasteiger partial charge on any atom is 0.317 e. The molecule has 9 heteroatoms. The number of nitrogens with zero attached hydrogens (tertiary/aromatic N) is 2. The lowest BCUT2D eigenvalue weighted by Crippen LogP contribution is -2.70. The van der Waals surface area contributed by atoms with Gasteiger partial charge in [-0.1, -0.05) is 20.8 Å². The first-order valence-corrected chi connectivity index (χ1v) is 10.6. The molecule has 1 spiro atoms. The number of nitrogens with two attached hydrogens (primary N) is 1. The Bertz CT molecular complexity index is 870. The molecule has 148 valence electrons. The fraction of sp³-hybridized carbons (Fsp3) is 0.611. The highest BCUT2D eigenvalue weighted by Gasteiger charge is 2.64. The van der Waals surface area contributed by atoms with Gasteiger partial charge in [-0.15, -0.1) is 0 Å². The summed E-state index contributed by atoms with van der Waals surface area (Å²) < 4.78 is 23.6. The van der Waals surface area contributed by atoms with Gasteiger partial charge < -0.3 is 16.0 Å². The zero-order valence-electron chi connectivity index (χ0n) is 15.9. The maximum atomic E-state index is 12.5. The van der Waals surface area contributed by atoms with Crippen molar-refractivity contribution in [3.63, 3.8) is 0 Å². The summed E-state index contributed by atoms with van der Waals surface area (Å²) in [4.78, 5) is 29.7. The van der Waals surface area contributed by atoms with E-state index in [9.17, 15) is 18.0 Å². The Kier molecular flexibility index (Phi) is 4.70. The second-order valence-electron chi connectivity index (χ2n) is 8.42. The number of carbonyl (C=O) groups is 2. The number of pyridine rings is 1. The smallest absolute Gasteiger partial charge is 0.317 e. The van der Waals surface area contributed by atoms with E-state index in [4.69, 9.17) is 5.73 Å². The lowest BCUT2D eigenvalue weighted by Gasteiger charge is -2.48. The van der Waals surface area contributed by atoms with Crippen LogP contribution in [-0.4, -0.2) is 53.8 Å². The van der Waals surface area contributed by atoms with E-state index in [1.807, 2.05) is 6.07 Å².